The van der Waals surface area contributed by atoms with Gasteiger partial charge in [0.1, 0.15) is 0 Å². The molecule has 1 atom stereocenters. The summed E-state index contributed by atoms with van der Waals surface area (Å²) in [6.45, 7) is 2.14. The summed E-state index contributed by atoms with van der Waals surface area (Å²) >= 11 is 2.41. The first-order chi connectivity index (χ1) is 8.24. The molecule has 0 aliphatic heterocycles. The van der Waals surface area contributed by atoms with Crippen LogP contribution in [0.1, 0.15) is 22.7 Å². The Morgan fingerprint density at radius 1 is 1.24 bits per heavy atom. The molecule has 0 aliphatic carbocycles. The van der Waals surface area contributed by atoms with Crippen LogP contribution in [-0.2, 0) is 0 Å². The number of hydrogen-bond acceptors (Lipinski definition) is 2. The number of hydrogen-bond donors (Lipinski definition) is 1. The first kappa shape index (κ1) is 12.5. The maximum absolute atomic E-state index is 4.19. The Kier molecular flexibility index (Phi) is 4.12. The summed E-state index contributed by atoms with van der Waals surface area (Å²) in [6.07, 6.45) is 3.72. The standard InChI is InChI=1S/C14H15IN2/c1-10-5-3-7-12(13(10)15)14(16-2)11-6-4-8-17-9-11/h3-9,14,16H,1-2H3. The summed E-state index contributed by atoms with van der Waals surface area (Å²) < 4.78 is 1.31. The summed E-state index contributed by atoms with van der Waals surface area (Å²) in [6, 6.07) is 10.7. The Morgan fingerprint density at radius 2 is 2.06 bits per heavy atom. The maximum atomic E-state index is 4.19. The summed E-state index contributed by atoms with van der Waals surface area (Å²) in [5, 5.41) is 3.36. The lowest BCUT2D eigenvalue weighted by atomic mass is 9.99. The topological polar surface area (TPSA) is 24.9 Å². The first-order valence-electron chi connectivity index (χ1n) is 5.56. The van der Waals surface area contributed by atoms with E-state index in [1.807, 2.05) is 19.3 Å². The van der Waals surface area contributed by atoms with Crippen LogP contribution in [0.4, 0.5) is 0 Å². The van der Waals surface area contributed by atoms with E-state index >= 15 is 0 Å². The van der Waals surface area contributed by atoms with E-state index in [1.165, 1.54) is 20.3 Å². The number of rotatable bonds is 3. The van der Waals surface area contributed by atoms with Crippen molar-refractivity contribution in [2.24, 2.45) is 0 Å². The van der Waals surface area contributed by atoms with E-state index in [9.17, 15) is 0 Å². The molecule has 0 saturated carbocycles. The van der Waals surface area contributed by atoms with E-state index < -0.39 is 0 Å². The number of pyridine rings is 1. The van der Waals surface area contributed by atoms with Gasteiger partial charge in [-0.05, 0) is 59.3 Å². The van der Waals surface area contributed by atoms with Gasteiger partial charge in [-0.1, -0.05) is 24.3 Å². The number of halogens is 1. The lowest BCUT2D eigenvalue weighted by Gasteiger charge is -2.19. The number of aromatic nitrogens is 1. The molecule has 1 unspecified atom stereocenters. The van der Waals surface area contributed by atoms with Gasteiger partial charge in [-0.3, -0.25) is 4.98 Å². The van der Waals surface area contributed by atoms with E-state index in [4.69, 9.17) is 0 Å². The summed E-state index contributed by atoms with van der Waals surface area (Å²) in [5.74, 6) is 0. The van der Waals surface area contributed by atoms with Crippen molar-refractivity contribution < 1.29 is 0 Å². The van der Waals surface area contributed by atoms with Gasteiger partial charge in [-0.2, -0.15) is 0 Å². The smallest absolute Gasteiger partial charge is 0.0600 e. The number of benzene rings is 1. The summed E-state index contributed by atoms with van der Waals surface area (Å²) in [7, 11) is 1.98. The van der Waals surface area contributed by atoms with Crippen molar-refractivity contribution in [1.29, 1.82) is 0 Å². The van der Waals surface area contributed by atoms with Gasteiger partial charge in [0.2, 0.25) is 0 Å². The van der Waals surface area contributed by atoms with Crippen molar-refractivity contribution in [1.82, 2.24) is 10.3 Å². The number of aryl methyl sites for hydroxylation is 1. The van der Waals surface area contributed by atoms with Gasteiger partial charge in [0.25, 0.3) is 0 Å². The Morgan fingerprint density at radius 3 is 2.71 bits per heavy atom. The van der Waals surface area contributed by atoms with E-state index in [2.05, 4.69) is 64.1 Å². The second-order valence-electron chi connectivity index (χ2n) is 3.99. The highest BCUT2D eigenvalue weighted by Crippen LogP contribution is 2.27. The largest absolute Gasteiger partial charge is 0.309 e. The SMILES string of the molecule is CNC(c1cccnc1)c1cccc(C)c1I. The van der Waals surface area contributed by atoms with E-state index in [0.29, 0.717) is 0 Å². The van der Waals surface area contributed by atoms with Crippen molar-refractivity contribution in [3.8, 4) is 0 Å². The van der Waals surface area contributed by atoms with Crippen LogP contribution in [0.15, 0.2) is 42.7 Å². The van der Waals surface area contributed by atoms with Crippen molar-refractivity contribution in [3.63, 3.8) is 0 Å². The lowest BCUT2D eigenvalue weighted by molar-refractivity contribution is 0.685. The minimum atomic E-state index is 0.204. The van der Waals surface area contributed by atoms with Gasteiger partial charge < -0.3 is 5.32 Å². The number of nitrogens with zero attached hydrogens (tertiary/aromatic N) is 1. The predicted molar refractivity (Wildman–Crippen MR) is 79.0 cm³/mol. The van der Waals surface area contributed by atoms with Crippen LogP contribution in [0.25, 0.3) is 0 Å². The molecule has 0 saturated heterocycles. The van der Waals surface area contributed by atoms with Crippen molar-refractivity contribution in [3.05, 3.63) is 63.0 Å². The molecule has 0 radical (unpaired) electrons. The fraction of sp³-hybridized carbons (Fsp3) is 0.214. The average Bonchev–Trinajstić information content (AvgIpc) is 2.37. The highest BCUT2D eigenvalue weighted by Gasteiger charge is 2.15. The quantitative estimate of drug-likeness (QED) is 0.869. The van der Waals surface area contributed by atoms with Gasteiger partial charge in [-0.25, -0.2) is 0 Å². The zero-order valence-electron chi connectivity index (χ0n) is 9.94. The average molecular weight is 338 g/mol. The van der Waals surface area contributed by atoms with E-state index in [0.717, 1.165) is 0 Å². The fourth-order valence-corrected chi connectivity index (χ4v) is 2.61. The molecule has 0 bridgehead atoms. The lowest BCUT2D eigenvalue weighted by Crippen LogP contribution is -2.19. The molecule has 0 fully saturated rings. The second kappa shape index (κ2) is 5.60. The molecular weight excluding hydrogens is 323 g/mol. The molecule has 1 aromatic carbocycles. The Balaban J connectivity index is 2.46. The molecule has 0 aliphatic rings. The summed E-state index contributed by atoms with van der Waals surface area (Å²) in [4.78, 5) is 4.19. The van der Waals surface area contributed by atoms with Crippen molar-refractivity contribution >= 4 is 22.6 Å². The molecule has 0 spiro atoms. The minimum Gasteiger partial charge on any atom is -0.309 e. The molecule has 2 aromatic rings. The van der Waals surface area contributed by atoms with Gasteiger partial charge in [0.15, 0.2) is 0 Å². The minimum absolute atomic E-state index is 0.204. The molecule has 88 valence electrons. The zero-order valence-corrected chi connectivity index (χ0v) is 12.1. The molecule has 3 heteroatoms. The third-order valence-electron chi connectivity index (χ3n) is 2.84. The Labute approximate surface area is 116 Å². The highest BCUT2D eigenvalue weighted by molar-refractivity contribution is 14.1. The number of nitrogens with one attached hydrogen (secondary N) is 1. The van der Waals surface area contributed by atoms with Crippen LogP contribution in [-0.4, -0.2) is 12.0 Å². The van der Waals surface area contributed by atoms with Crippen LogP contribution < -0.4 is 5.32 Å². The maximum Gasteiger partial charge on any atom is 0.0600 e. The van der Waals surface area contributed by atoms with Gasteiger partial charge >= 0.3 is 0 Å². The molecule has 2 nitrogen and oxygen atoms in total. The third kappa shape index (κ3) is 2.66. The van der Waals surface area contributed by atoms with E-state index in [-0.39, 0.29) is 6.04 Å². The molecular formula is C14H15IN2. The molecule has 1 aromatic heterocycles. The fourth-order valence-electron chi connectivity index (χ4n) is 1.94. The van der Waals surface area contributed by atoms with Crippen LogP contribution in [0.3, 0.4) is 0 Å². The Bertz CT molecular complexity index is 497. The third-order valence-corrected chi connectivity index (χ3v) is 4.31. The summed E-state index contributed by atoms with van der Waals surface area (Å²) in [5.41, 5.74) is 3.81. The second-order valence-corrected chi connectivity index (χ2v) is 5.06. The van der Waals surface area contributed by atoms with Crippen molar-refractivity contribution in [2.45, 2.75) is 13.0 Å². The Hall–Kier alpha value is -0.940. The molecule has 1 N–H and O–H groups in total. The first-order valence-corrected chi connectivity index (χ1v) is 6.64. The molecule has 2 rings (SSSR count). The van der Waals surface area contributed by atoms with Gasteiger partial charge in [0.05, 0.1) is 6.04 Å². The highest BCUT2D eigenvalue weighted by atomic mass is 127. The van der Waals surface area contributed by atoms with Gasteiger partial charge in [-0.15, -0.1) is 0 Å². The normalized spacial score (nSPS) is 12.4. The van der Waals surface area contributed by atoms with Gasteiger partial charge in [0, 0.05) is 16.0 Å². The monoisotopic (exact) mass is 338 g/mol. The zero-order chi connectivity index (χ0) is 12.3. The molecule has 0 amide bonds. The molecule has 1 heterocycles. The molecule has 17 heavy (non-hydrogen) atoms. The van der Waals surface area contributed by atoms with E-state index in [1.54, 1.807) is 6.20 Å². The van der Waals surface area contributed by atoms with Crippen LogP contribution >= 0.6 is 22.6 Å². The van der Waals surface area contributed by atoms with Crippen LogP contribution in [0, 0.1) is 10.5 Å². The predicted octanol–water partition coefficient (Wildman–Crippen LogP) is 3.30. The van der Waals surface area contributed by atoms with Crippen LogP contribution in [0.5, 0.6) is 0 Å². The van der Waals surface area contributed by atoms with Crippen LogP contribution in [0.2, 0.25) is 0 Å². The van der Waals surface area contributed by atoms with Crippen molar-refractivity contribution in [2.75, 3.05) is 7.05 Å².